The molecule has 7 nitrogen and oxygen atoms in total. The van der Waals surface area contributed by atoms with Gasteiger partial charge in [-0.15, -0.1) is 0 Å². The Balaban J connectivity index is 1.63. The molecule has 0 aliphatic heterocycles. The summed E-state index contributed by atoms with van der Waals surface area (Å²) in [6, 6.07) is 1.60. The molecule has 1 fully saturated rings. The van der Waals surface area contributed by atoms with E-state index in [1.54, 1.807) is 18.5 Å². The van der Waals surface area contributed by atoms with Crippen LogP contribution in [0.3, 0.4) is 0 Å². The van der Waals surface area contributed by atoms with Crippen molar-refractivity contribution in [1.82, 2.24) is 24.8 Å². The molecule has 31 heavy (non-hydrogen) atoms. The second-order valence-electron chi connectivity index (χ2n) is 7.79. The molecule has 2 atom stereocenters. The summed E-state index contributed by atoms with van der Waals surface area (Å²) >= 11 is 6.09. The van der Waals surface area contributed by atoms with Gasteiger partial charge in [-0.05, 0) is 32.8 Å². The third-order valence-corrected chi connectivity index (χ3v) is 6.17. The molecule has 164 valence electrons. The Morgan fingerprint density at radius 2 is 2.03 bits per heavy atom. The monoisotopic (exact) mass is 444 g/mol. The summed E-state index contributed by atoms with van der Waals surface area (Å²) in [6.07, 6.45) is 8.02. The predicted octanol–water partition coefficient (Wildman–Crippen LogP) is 4.65. The Kier molecular flexibility index (Phi) is 6.36. The number of hydrogen-bond acceptors (Lipinski definition) is 5. The number of carbonyl (C=O) groups is 1. The maximum absolute atomic E-state index is 14.6. The first kappa shape index (κ1) is 21.5. The molecular formula is C22H26ClFN6O. The van der Waals surface area contributed by atoms with Gasteiger partial charge in [0, 0.05) is 42.5 Å². The summed E-state index contributed by atoms with van der Waals surface area (Å²) in [7, 11) is 0. The minimum absolute atomic E-state index is 0.110. The van der Waals surface area contributed by atoms with Crippen LogP contribution >= 0.6 is 11.6 Å². The molecule has 4 rings (SSSR count). The summed E-state index contributed by atoms with van der Waals surface area (Å²) < 4.78 is 14.6. The van der Waals surface area contributed by atoms with E-state index in [0.717, 1.165) is 37.3 Å². The van der Waals surface area contributed by atoms with Gasteiger partial charge in [0.15, 0.2) is 17.5 Å². The summed E-state index contributed by atoms with van der Waals surface area (Å²) in [5.41, 5.74) is 1.34. The molecule has 1 amide bonds. The number of pyridine rings is 1. The van der Waals surface area contributed by atoms with Gasteiger partial charge in [0.25, 0.3) is 0 Å². The van der Waals surface area contributed by atoms with Gasteiger partial charge in [0.2, 0.25) is 5.91 Å². The van der Waals surface area contributed by atoms with Crippen molar-refractivity contribution in [3.8, 4) is 11.4 Å². The van der Waals surface area contributed by atoms with E-state index in [1.165, 1.54) is 0 Å². The lowest BCUT2D eigenvalue weighted by atomic mass is 9.83. The highest BCUT2D eigenvalue weighted by molar-refractivity contribution is 6.31. The molecule has 0 bridgehead atoms. The Morgan fingerprint density at radius 3 is 2.81 bits per heavy atom. The van der Waals surface area contributed by atoms with Crippen LogP contribution in [-0.4, -0.2) is 49.9 Å². The minimum atomic E-state index is -0.542. The highest BCUT2D eigenvalue weighted by atomic mass is 35.5. The summed E-state index contributed by atoms with van der Waals surface area (Å²) in [4.78, 5) is 30.8. The molecule has 0 aromatic carbocycles. The molecule has 1 aliphatic carbocycles. The number of rotatable bonds is 6. The number of fused-ring (bicyclic) bond motifs is 1. The van der Waals surface area contributed by atoms with Crippen LogP contribution in [0.15, 0.2) is 24.7 Å². The van der Waals surface area contributed by atoms with Gasteiger partial charge in [0.05, 0.1) is 17.1 Å². The number of halogens is 2. The van der Waals surface area contributed by atoms with Gasteiger partial charge in [-0.2, -0.15) is 0 Å². The van der Waals surface area contributed by atoms with Crippen LogP contribution in [0, 0.1) is 11.7 Å². The number of nitrogens with one attached hydrogen (secondary N) is 2. The van der Waals surface area contributed by atoms with Crippen LogP contribution in [0.5, 0.6) is 0 Å². The highest BCUT2D eigenvalue weighted by Gasteiger charge is 2.33. The average Bonchev–Trinajstić information content (AvgIpc) is 3.19. The van der Waals surface area contributed by atoms with Crippen LogP contribution in [0.25, 0.3) is 22.4 Å². The summed E-state index contributed by atoms with van der Waals surface area (Å²) in [5.74, 6) is -0.142. The van der Waals surface area contributed by atoms with Gasteiger partial charge in [-0.1, -0.05) is 24.4 Å². The molecule has 3 aromatic rings. The van der Waals surface area contributed by atoms with Gasteiger partial charge in [-0.3, -0.25) is 4.79 Å². The number of amides is 1. The molecule has 0 spiro atoms. The van der Waals surface area contributed by atoms with Crippen molar-refractivity contribution in [2.45, 2.75) is 45.6 Å². The quantitative estimate of drug-likeness (QED) is 0.577. The van der Waals surface area contributed by atoms with E-state index >= 15 is 0 Å². The second kappa shape index (κ2) is 9.18. The Morgan fingerprint density at radius 1 is 1.26 bits per heavy atom. The van der Waals surface area contributed by atoms with Crippen LogP contribution in [0.4, 0.5) is 10.2 Å². The normalized spacial score (nSPS) is 18.8. The number of nitrogens with zero attached hydrogens (tertiary/aromatic N) is 4. The molecule has 0 saturated heterocycles. The Hall–Kier alpha value is -2.74. The van der Waals surface area contributed by atoms with E-state index in [4.69, 9.17) is 11.6 Å². The van der Waals surface area contributed by atoms with Gasteiger partial charge in [-0.25, -0.2) is 19.3 Å². The van der Waals surface area contributed by atoms with Crippen molar-refractivity contribution >= 4 is 34.4 Å². The maximum atomic E-state index is 14.6. The van der Waals surface area contributed by atoms with E-state index in [9.17, 15) is 9.18 Å². The van der Waals surface area contributed by atoms with Crippen molar-refractivity contribution in [2.24, 2.45) is 5.92 Å². The zero-order valence-electron chi connectivity index (χ0n) is 17.7. The Bertz CT molecular complexity index is 1080. The SMILES string of the molecule is CCN(CC)C(=O)[C@@H]1CCCCC1Nc1nc(-c2c[nH]c3ncc(Cl)cc23)ncc1F. The van der Waals surface area contributed by atoms with Crippen molar-refractivity contribution in [3.05, 3.63) is 35.5 Å². The van der Waals surface area contributed by atoms with Crippen LogP contribution in [0.2, 0.25) is 5.02 Å². The van der Waals surface area contributed by atoms with E-state index in [2.05, 4.69) is 25.3 Å². The number of H-pyrrole nitrogens is 1. The molecule has 3 heterocycles. The standard InChI is InChI=1S/C22H26ClFN6O/c1-3-30(4-2)22(31)14-7-5-6-8-18(14)28-21-17(24)12-27-20(29-21)16-11-26-19-15(16)9-13(23)10-25-19/h9-12,14,18H,3-8H2,1-2H3,(H,25,26)(H,27,28,29)/t14-,18?/m1/s1. The zero-order valence-corrected chi connectivity index (χ0v) is 18.4. The number of aromatic amines is 1. The number of aromatic nitrogens is 4. The fourth-order valence-corrected chi connectivity index (χ4v) is 4.46. The van der Waals surface area contributed by atoms with Crippen LogP contribution < -0.4 is 5.32 Å². The fourth-order valence-electron chi connectivity index (χ4n) is 4.31. The zero-order chi connectivity index (χ0) is 22.0. The molecule has 2 N–H and O–H groups in total. The maximum Gasteiger partial charge on any atom is 0.227 e. The van der Waals surface area contributed by atoms with Crippen LogP contribution in [-0.2, 0) is 4.79 Å². The predicted molar refractivity (Wildman–Crippen MR) is 119 cm³/mol. The first-order chi connectivity index (χ1) is 15.0. The van der Waals surface area contributed by atoms with Crippen LogP contribution in [0.1, 0.15) is 39.5 Å². The lowest BCUT2D eigenvalue weighted by molar-refractivity contribution is -0.136. The van der Waals surface area contributed by atoms with E-state index < -0.39 is 5.82 Å². The second-order valence-corrected chi connectivity index (χ2v) is 8.23. The average molecular weight is 445 g/mol. The lowest BCUT2D eigenvalue weighted by Gasteiger charge is -2.34. The lowest BCUT2D eigenvalue weighted by Crippen LogP contribution is -2.45. The van der Waals surface area contributed by atoms with E-state index in [-0.39, 0.29) is 23.7 Å². The van der Waals surface area contributed by atoms with Crippen molar-refractivity contribution in [1.29, 1.82) is 0 Å². The van der Waals surface area contributed by atoms with E-state index in [1.807, 2.05) is 18.7 Å². The number of anilines is 1. The molecule has 0 radical (unpaired) electrons. The topological polar surface area (TPSA) is 86.8 Å². The molecular weight excluding hydrogens is 419 g/mol. The van der Waals surface area contributed by atoms with E-state index in [0.29, 0.717) is 35.1 Å². The molecule has 1 saturated carbocycles. The number of carbonyl (C=O) groups excluding carboxylic acids is 1. The number of hydrogen-bond donors (Lipinski definition) is 2. The Labute approximate surface area is 185 Å². The summed E-state index contributed by atoms with van der Waals surface area (Å²) in [6.45, 7) is 5.29. The first-order valence-corrected chi connectivity index (χ1v) is 11.1. The van der Waals surface area contributed by atoms with Gasteiger partial charge >= 0.3 is 0 Å². The van der Waals surface area contributed by atoms with Gasteiger partial charge in [0.1, 0.15) is 5.65 Å². The van der Waals surface area contributed by atoms with Crippen molar-refractivity contribution in [2.75, 3.05) is 18.4 Å². The smallest absolute Gasteiger partial charge is 0.227 e. The summed E-state index contributed by atoms with van der Waals surface area (Å²) in [5, 5.41) is 4.48. The first-order valence-electron chi connectivity index (χ1n) is 10.7. The highest BCUT2D eigenvalue weighted by Crippen LogP contribution is 2.31. The van der Waals surface area contributed by atoms with Crippen molar-refractivity contribution < 1.29 is 9.18 Å². The molecule has 1 aliphatic rings. The largest absolute Gasteiger partial charge is 0.364 e. The molecule has 1 unspecified atom stereocenters. The third-order valence-electron chi connectivity index (χ3n) is 5.96. The minimum Gasteiger partial charge on any atom is -0.364 e. The van der Waals surface area contributed by atoms with Gasteiger partial charge < -0.3 is 15.2 Å². The van der Waals surface area contributed by atoms with Crippen molar-refractivity contribution in [3.63, 3.8) is 0 Å². The third kappa shape index (κ3) is 4.35. The fraction of sp³-hybridized carbons (Fsp3) is 0.455. The molecule has 9 heteroatoms. The molecule has 3 aromatic heterocycles.